The van der Waals surface area contributed by atoms with Crippen LogP contribution in [0.15, 0.2) is 12.0 Å². The van der Waals surface area contributed by atoms with Gasteiger partial charge in [-0.05, 0) is 6.42 Å². The van der Waals surface area contributed by atoms with Crippen molar-refractivity contribution in [1.29, 1.82) is 0 Å². The molecular formula is C6H12FN. The van der Waals surface area contributed by atoms with Crippen LogP contribution < -0.4 is 5.73 Å². The highest BCUT2D eigenvalue weighted by Gasteiger charge is 1.89. The van der Waals surface area contributed by atoms with Gasteiger partial charge in [0.1, 0.15) is 5.83 Å². The normalized spacial score (nSPS) is 12.0. The Hall–Kier alpha value is -0.530. The molecule has 0 rings (SSSR count). The van der Waals surface area contributed by atoms with E-state index in [1.54, 1.807) is 0 Å². The molecule has 0 aromatic carbocycles. The van der Waals surface area contributed by atoms with Gasteiger partial charge in [0.15, 0.2) is 0 Å². The molecule has 0 radical (unpaired) electrons. The van der Waals surface area contributed by atoms with E-state index in [2.05, 4.69) is 0 Å². The van der Waals surface area contributed by atoms with Gasteiger partial charge in [-0.3, -0.25) is 0 Å². The van der Waals surface area contributed by atoms with Gasteiger partial charge in [0.2, 0.25) is 0 Å². The van der Waals surface area contributed by atoms with Crippen molar-refractivity contribution in [1.82, 2.24) is 0 Å². The second kappa shape index (κ2) is 4.62. The van der Waals surface area contributed by atoms with Crippen LogP contribution in [0.25, 0.3) is 0 Å². The third-order valence-corrected chi connectivity index (χ3v) is 0.950. The predicted molar refractivity (Wildman–Crippen MR) is 32.9 cm³/mol. The fourth-order valence-corrected chi connectivity index (χ4v) is 0.429. The van der Waals surface area contributed by atoms with Crippen LogP contribution in [-0.2, 0) is 0 Å². The Morgan fingerprint density at radius 3 is 2.75 bits per heavy atom. The quantitative estimate of drug-likeness (QED) is 0.600. The van der Waals surface area contributed by atoms with Crippen molar-refractivity contribution in [3.8, 4) is 0 Å². The molecule has 0 aromatic heterocycles. The van der Waals surface area contributed by atoms with Gasteiger partial charge in [-0.25, -0.2) is 4.39 Å². The van der Waals surface area contributed by atoms with Crippen molar-refractivity contribution < 1.29 is 4.39 Å². The predicted octanol–water partition coefficient (Wildman–Crippen LogP) is 1.95. The van der Waals surface area contributed by atoms with Gasteiger partial charge in [0.25, 0.3) is 0 Å². The Labute approximate surface area is 49.4 Å². The fourth-order valence-electron chi connectivity index (χ4n) is 0.429. The van der Waals surface area contributed by atoms with E-state index in [-0.39, 0.29) is 5.83 Å². The van der Waals surface area contributed by atoms with Crippen LogP contribution in [0.3, 0.4) is 0 Å². The molecule has 0 aliphatic carbocycles. The summed E-state index contributed by atoms with van der Waals surface area (Å²) in [5, 5.41) is 0. The van der Waals surface area contributed by atoms with E-state index in [9.17, 15) is 4.39 Å². The molecule has 0 aromatic rings. The summed E-state index contributed by atoms with van der Waals surface area (Å²) in [5.74, 6) is -0.202. The highest BCUT2D eigenvalue weighted by Crippen LogP contribution is 2.05. The number of rotatable bonds is 3. The first-order valence-electron chi connectivity index (χ1n) is 2.87. The summed E-state index contributed by atoms with van der Waals surface area (Å²) in [7, 11) is 0. The summed E-state index contributed by atoms with van der Waals surface area (Å²) >= 11 is 0. The largest absolute Gasteiger partial charge is 0.403 e. The number of hydrogen-bond donors (Lipinski definition) is 1. The summed E-state index contributed by atoms with van der Waals surface area (Å²) in [4.78, 5) is 0. The Kier molecular flexibility index (Phi) is 4.32. The van der Waals surface area contributed by atoms with Crippen LogP contribution in [0, 0.1) is 0 Å². The zero-order valence-corrected chi connectivity index (χ0v) is 5.15. The zero-order valence-electron chi connectivity index (χ0n) is 5.15. The number of allylic oxidation sites excluding steroid dienone is 1. The molecular weight excluding hydrogens is 105 g/mol. The van der Waals surface area contributed by atoms with Gasteiger partial charge in [-0.15, -0.1) is 0 Å². The zero-order chi connectivity index (χ0) is 6.41. The topological polar surface area (TPSA) is 26.0 Å². The molecule has 0 unspecified atom stereocenters. The lowest BCUT2D eigenvalue weighted by atomic mass is 10.2. The smallest absolute Gasteiger partial charge is 0.115 e. The highest BCUT2D eigenvalue weighted by atomic mass is 19.1. The van der Waals surface area contributed by atoms with Gasteiger partial charge in [-0.2, -0.15) is 0 Å². The molecule has 0 saturated heterocycles. The minimum Gasteiger partial charge on any atom is -0.403 e. The Morgan fingerprint density at radius 1 is 1.75 bits per heavy atom. The monoisotopic (exact) mass is 117 g/mol. The fraction of sp³-hybridized carbons (Fsp3) is 0.667. The number of unbranched alkanes of at least 4 members (excludes halogenated alkanes) is 1. The molecule has 2 heteroatoms. The number of nitrogens with two attached hydrogens (primary N) is 1. The Bertz CT molecular complexity index is 78.6. The lowest BCUT2D eigenvalue weighted by Crippen LogP contribution is -1.82. The maximum Gasteiger partial charge on any atom is 0.115 e. The third-order valence-electron chi connectivity index (χ3n) is 0.950. The third kappa shape index (κ3) is 3.65. The SMILES string of the molecule is CCCC/C(F)=C\N. The lowest BCUT2D eigenvalue weighted by molar-refractivity contribution is 0.567. The van der Waals surface area contributed by atoms with E-state index in [0.29, 0.717) is 6.42 Å². The molecule has 0 fully saturated rings. The minimum absolute atomic E-state index is 0.202. The van der Waals surface area contributed by atoms with E-state index >= 15 is 0 Å². The van der Waals surface area contributed by atoms with E-state index < -0.39 is 0 Å². The molecule has 0 heterocycles. The standard InChI is InChI=1S/C6H12FN/c1-2-3-4-6(7)5-8/h5H,2-4,8H2,1H3/b6-5+. The molecule has 0 aliphatic rings. The van der Waals surface area contributed by atoms with E-state index in [4.69, 9.17) is 5.73 Å². The molecule has 0 saturated carbocycles. The van der Waals surface area contributed by atoms with Crippen molar-refractivity contribution in [3.63, 3.8) is 0 Å². The van der Waals surface area contributed by atoms with Crippen LogP contribution in [-0.4, -0.2) is 0 Å². The second-order valence-corrected chi connectivity index (χ2v) is 1.72. The second-order valence-electron chi connectivity index (χ2n) is 1.72. The summed E-state index contributed by atoms with van der Waals surface area (Å²) in [6.45, 7) is 2.02. The van der Waals surface area contributed by atoms with Gasteiger partial charge in [0.05, 0.1) is 0 Å². The maximum atomic E-state index is 12.1. The van der Waals surface area contributed by atoms with Crippen LogP contribution in [0.4, 0.5) is 4.39 Å². The van der Waals surface area contributed by atoms with Gasteiger partial charge < -0.3 is 5.73 Å². The lowest BCUT2D eigenvalue weighted by Gasteiger charge is -1.90. The average molecular weight is 117 g/mol. The van der Waals surface area contributed by atoms with Crippen LogP contribution in [0.5, 0.6) is 0 Å². The van der Waals surface area contributed by atoms with Gasteiger partial charge in [-0.1, -0.05) is 13.3 Å². The molecule has 8 heavy (non-hydrogen) atoms. The van der Waals surface area contributed by atoms with Gasteiger partial charge >= 0.3 is 0 Å². The molecule has 0 aliphatic heterocycles. The summed E-state index contributed by atoms with van der Waals surface area (Å²) in [5.41, 5.74) is 4.88. The maximum absolute atomic E-state index is 12.1. The summed E-state index contributed by atoms with van der Waals surface area (Å²) < 4.78 is 12.1. The van der Waals surface area contributed by atoms with Crippen LogP contribution in [0.1, 0.15) is 26.2 Å². The van der Waals surface area contributed by atoms with E-state index in [1.165, 1.54) is 0 Å². The number of halogens is 1. The van der Waals surface area contributed by atoms with Crippen molar-refractivity contribution >= 4 is 0 Å². The minimum atomic E-state index is -0.202. The molecule has 2 N–H and O–H groups in total. The van der Waals surface area contributed by atoms with Crippen LogP contribution >= 0.6 is 0 Å². The van der Waals surface area contributed by atoms with Crippen molar-refractivity contribution in [3.05, 3.63) is 12.0 Å². The summed E-state index contributed by atoms with van der Waals surface area (Å²) in [6.07, 6.45) is 3.42. The Balaban J connectivity index is 3.12. The number of hydrogen-bond acceptors (Lipinski definition) is 1. The molecule has 0 bridgehead atoms. The summed E-state index contributed by atoms with van der Waals surface area (Å²) in [6, 6.07) is 0. The van der Waals surface area contributed by atoms with E-state index in [0.717, 1.165) is 19.0 Å². The molecule has 48 valence electrons. The molecule has 0 atom stereocenters. The Morgan fingerprint density at radius 2 is 2.38 bits per heavy atom. The first-order valence-corrected chi connectivity index (χ1v) is 2.87. The highest BCUT2D eigenvalue weighted by molar-refractivity contribution is 4.86. The van der Waals surface area contributed by atoms with Crippen LogP contribution in [0.2, 0.25) is 0 Å². The molecule has 0 amide bonds. The average Bonchev–Trinajstić information content (AvgIpc) is 1.83. The van der Waals surface area contributed by atoms with Gasteiger partial charge in [0, 0.05) is 12.6 Å². The molecule has 1 nitrogen and oxygen atoms in total. The molecule has 0 spiro atoms. The van der Waals surface area contributed by atoms with Crippen molar-refractivity contribution in [2.24, 2.45) is 5.73 Å². The first kappa shape index (κ1) is 7.47. The van der Waals surface area contributed by atoms with Crippen molar-refractivity contribution in [2.75, 3.05) is 0 Å². The van der Waals surface area contributed by atoms with E-state index in [1.807, 2.05) is 6.92 Å². The first-order chi connectivity index (χ1) is 3.81. The van der Waals surface area contributed by atoms with Crippen molar-refractivity contribution in [2.45, 2.75) is 26.2 Å².